The van der Waals surface area contributed by atoms with E-state index in [-0.39, 0.29) is 30.6 Å². The van der Waals surface area contributed by atoms with Gasteiger partial charge in [-0.25, -0.2) is 4.79 Å². The molecule has 0 unspecified atom stereocenters. The van der Waals surface area contributed by atoms with Crippen LogP contribution in [0, 0.1) is 0 Å². The summed E-state index contributed by atoms with van der Waals surface area (Å²) >= 11 is 0. The molecular weight excluding hydrogens is 266 g/mol. The summed E-state index contributed by atoms with van der Waals surface area (Å²) in [6.07, 6.45) is 1.47. The fraction of sp³-hybridized carbons (Fsp3) is 0.583. The van der Waals surface area contributed by atoms with E-state index in [1.807, 2.05) is 0 Å². The van der Waals surface area contributed by atoms with Crippen LogP contribution in [-0.2, 0) is 14.3 Å². The van der Waals surface area contributed by atoms with Crippen LogP contribution in [0.1, 0.15) is 23.8 Å². The first kappa shape index (κ1) is 16.0. The van der Waals surface area contributed by atoms with Crippen LogP contribution in [0.5, 0.6) is 0 Å². The molecule has 0 spiro atoms. The largest absolute Gasteiger partial charge is 0.461 e. The summed E-state index contributed by atoms with van der Waals surface area (Å²) in [6.45, 7) is 3.28. The van der Waals surface area contributed by atoms with Crippen molar-refractivity contribution in [1.82, 2.24) is 10.3 Å². The average molecular weight is 285 g/mol. The van der Waals surface area contributed by atoms with Gasteiger partial charge in [0.25, 0.3) is 6.01 Å². The number of methoxy groups -OCH3 is 1. The van der Waals surface area contributed by atoms with Crippen molar-refractivity contribution in [2.45, 2.75) is 13.3 Å². The Bertz CT molecular complexity index is 432. The third-order valence-electron chi connectivity index (χ3n) is 2.25. The number of esters is 1. The molecule has 1 aromatic heterocycles. The Morgan fingerprint density at radius 2 is 2.20 bits per heavy atom. The molecule has 0 radical (unpaired) electrons. The first-order valence-electron chi connectivity index (χ1n) is 6.29. The van der Waals surface area contributed by atoms with E-state index in [1.54, 1.807) is 14.0 Å². The first-order valence-corrected chi connectivity index (χ1v) is 6.29. The predicted octanol–water partition coefficient (Wildman–Crippen LogP) is 0.416. The van der Waals surface area contributed by atoms with E-state index >= 15 is 0 Å². The quantitative estimate of drug-likeness (QED) is 0.500. The zero-order valence-corrected chi connectivity index (χ0v) is 11.6. The Morgan fingerprint density at radius 1 is 1.40 bits per heavy atom. The number of anilines is 1. The fourth-order valence-corrected chi connectivity index (χ4v) is 1.32. The van der Waals surface area contributed by atoms with Crippen molar-refractivity contribution in [2.75, 3.05) is 38.7 Å². The second kappa shape index (κ2) is 8.92. The van der Waals surface area contributed by atoms with Crippen LogP contribution in [0.15, 0.2) is 10.7 Å². The lowest BCUT2D eigenvalue weighted by Gasteiger charge is -2.04. The molecule has 0 bridgehead atoms. The lowest BCUT2D eigenvalue weighted by atomic mass is 10.4. The van der Waals surface area contributed by atoms with Gasteiger partial charge in [-0.1, -0.05) is 0 Å². The van der Waals surface area contributed by atoms with E-state index in [0.717, 1.165) is 0 Å². The number of aromatic nitrogens is 1. The van der Waals surface area contributed by atoms with Gasteiger partial charge in [-0.05, 0) is 6.92 Å². The van der Waals surface area contributed by atoms with Crippen LogP contribution in [0.4, 0.5) is 6.01 Å². The van der Waals surface area contributed by atoms with Gasteiger partial charge in [-0.2, -0.15) is 4.98 Å². The van der Waals surface area contributed by atoms with Crippen LogP contribution >= 0.6 is 0 Å². The fourth-order valence-electron chi connectivity index (χ4n) is 1.32. The van der Waals surface area contributed by atoms with Crippen LogP contribution in [0.25, 0.3) is 0 Å². The number of amides is 1. The normalized spacial score (nSPS) is 10.1. The number of rotatable bonds is 9. The molecule has 0 saturated carbocycles. The molecule has 0 aliphatic heterocycles. The lowest BCUT2D eigenvalue weighted by molar-refractivity contribution is -0.121. The molecule has 112 valence electrons. The van der Waals surface area contributed by atoms with Crippen molar-refractivity contribution in [2.24, 2.45) is 0 Å². The molecule has 0 saturated heterocycles. The number of ether oxygens (including phenoxy) is 2. The summed E-state index contributed by atoms with van der Waals surface area (Å²) in [5, 5.41) is 5.49. The second-order valence-electron chi connectivity index (χ2n) is 3.78. The van der Waals surface area contributed by atoms with Gasteiger partial charge in [0.2, 0.25) is 5.91 Å². The zero-order chi connectivity index (χ0) is 14.8. The third-order valence-corrected chi connectivity index (χ3v) is 2.25. The smallest absolute Gasteiger partial charge is 0.360 e. The van der Waals surface area contributed by atoms with Crippen LogP contribution < -0.4 is 10.6 Å². The Morgan fingerprint density at radius 3 is 2.90 bits per heavy atom. The highest BCUT2D eigenvalue weighted by Gasteiger charge is 2.12. The highest BCUT2D eigenvalue weighted by molar-refractivity contribution is 5.87. The molecule has 0 atom stereocenters. The van der Waals surface area contributed by atoms with Crippen molar-refractivity contribution in [3.05, 3.63) is 12.0 Å². The van der Waals surface area contributed by atoms with Crippen LogP contribution in [0.2, 0.25) is 0 Å². The summed E-state index contributed by atoms with van der Waals surface area (Å²) in [4.78, 5) is 26.6. The van der Waals surface area contributed by atoms with E-state index in [9.17, 15) is 9.59 Å². The van der Waals surface area contributed by atoms with Crippen molar-refractivity contribution in [3.8, 4) is 0 Å². The maximum Gasteiger partial charge on any atom is 0.360 e. The number of nitrogens with one attached hydrogen (secondary N) is 2. The van der Waals surface area contributed by atoms with Gasteiger partial charge in [-0.15, -0.1) is 0 Å². The average Bonchev–Trinajstić information content (AvgIpc) is 2.88. The summed E-state index contributed by atoms with van der Waals surface area (Å²) in [5.41, 5.74) is 0.0962. The number of oxazole rings is 1. The van der Waals surface area contributed by atoms with E-state index < -0.39 is 5.97 Å². The Balaban J connectivity index is 2.25. The van der Waals surface area contributed by atoms with E-state index in [0.29, 0.717) is 19.7 Å². The Hall–Kier alpha value is -2.09. The Labute approximate surface area is 116 Å². The zero-order valence-electron chi connectivity index (χ0n) is 11.6. The maximum atomic E-state index is 11.4. The van der Waals surface area contributed by atoms with Crippen molar-refractivity contribution in [3.63, 3.8) is 0 Å². The van der Waals surface area contributed by atoms with Gasteiger partial charge in [0.05, 0.1) is 13.2 Å². The van der Waals surface area contributed by atoms with Gasteiger partial charge in [0.1, 0.15) is 6.26 Å². The van der Waals surface area contributed by atoms with Crippen LogP contribution in [0.3, 0.4) is 0 Å². The van der Waals surface area contributed by atoms with Gasteiger partial charge < -0.3 is 24.5 Å². The number of nitrogens with zero attached hydrogens (tertiary/aromatic N) is 1. The standard InChI is InChI=1S/C12H19N3O5/c1-3-19-11(17)9-8-20-12(15-9)14-5-4-10(16)13-6-7-18-2/h8H,3-7H2,1-2H3,(H,13,16)(H,14,15). The van der Waals surface area contributed by atoms with Crippen molar-refractivity contribution >= 4 is 17.9 Å². The van der Waals surface area contributed by atoms with E-state index in [4.69, 9.17) is 13.9 Å². The number of carbonyl (C=O) groups excluding carboxylic acids is 2. The highest BCUT2D eigenvalue weighted by atomic mass is 16.5. The van der Waals surface area contributed by atoms with Gasteiger partial charge in [-0.3, -0.25) is 4.79 Å². The molecule has 1 rings (SSSR count). The minimum Gasteiger partial charge on any atom is -0.461 e. The number of hydrogen-bond acceptors (Lipinski definition) is 7. The molecular formula is C12H19N3O5. The topological polar surface area (TPSA) is 103 Å². The van der Waals surface area contributed by atoms with E-state index in [1.165, 1.54) is 6.26 Å². The predicted molar refractivity (Wildman–Crippen MR) is 70.5 cm³/mol. The summed E-state index contributed by atoms with van der Waals surface area (Å²) in [6, 6.07) is 0.178. The van der Waals surface area contributed by atoms with Crippen molar-refractivity contribution in [1.29, 1.82) is 0 Å². The molecule has 20 heavy (non-hydrogen) atoms. The summed E-state index contributed by atoms with van der Waals surface area (Å²) in [5.74, 6) is -0.645. The summed E-state index contributed by atoms with van der Waals surface area (Å²) < 4.78 is 14.6. The minimum atomic E-state index is -0.540. The van der Waals surface area contributed by atoms with Crippen molar-refractivity contribution < 1.29 is 23.5 Å². The minimum absolute atomic E-state index is 0.0962. The molecule has 2 N–H and O–H groups in total. The molecule has 1 aromatic rings. The number of hydrogen-bond donors (Lipinski definition) is 2. The SMILES string of the molecule is CCOC(=O)c1coc(NCCC(=O)NCCOC)n1. The first-order chi connectivity index (χ1) is 9.67. The highest BCUT2D eigenvalue weighted by Crippen LogP contribution is 2.08. The molecule has 0 fully saturated rings. The van der Waals surface area contributed by atoms with E-state index in [2.05, 4.69) is 15.6 Å². The lowest BCUT2D eigenvalue weighted by Crippen LogP contribution is -2.28. The Kier molecular flexibility index (Phi) is 7.12. The monoisotopic (exact) mass is 285 g/mol. The molecule has 8 nitrogen and oxygen atoms in total. The maximum absolute atomic E-state index is 11.4. The molecule has 0 aromatic carbocycles. The molecule has 1 amide bonds. The second-order valence-corrected chi connectivity index (χ2v) is 3.78. The molecule has 0 aliphatic rings. The van der Waals surface area contributed by atoms with Gasteiger partial charge >= 0.3 is 5.97 Å². The van der Waals surface area contributed by atoms with Crippen LogP contribution in [-0.4, -0.2) is 50.3 Å². The molecule has 1 heterocycles. The molecule has 0 aliphatic carbocycles. The third kappa shape index (κ3) is 5.70. The summed E-state index contributed by atoms with van der Waals surface area (Å²) in [7, 11) is 1.57. The molecule has 8 heteroatoms. The van der Waals surface area contributed by atoms with Gasteiger partial charge in [0, 0.05) is 26.6 Å². The van der Waals surface area contributed by atoms with Gasteiger partial charge in [0.15, 0.2) is 5.69 Å². The number of carbonyl (C=O) groups is 2.